The van der Waals surface area contributed by atoms with Gasteiger partial charge in [-0.2, -0.15) is 0 Å². The standard InChI is InChI=1S/C20H14N3O.C20H28NSi.Ir/c1-12-19-16(9-10-21-12)22-20(23(19)2)13-7-8-18-15(11-13)14-5-3-4-6-17(14)24-18;1-15-8-10-16(11-9-15)18-12-17(13-20(2,3)4)19(14-21-18)22(5,6)7;/h3-6,8-11H,1-2H3;8-10,12,14H,13H2,1-7H3;/q2*-1;/i;1D3,13D2;. The molecular formula is C40H42IrN4OSi-2. The van der Waals surface area contributed by atoms with Gasteiger partial charge < -0.3 is 14.0 Å². The van der Waals surface area contributed by atoms with Gasteiger partial charge in [0.1, 0.15) is 5.58 Å². The molecular weight excluding hydrogens is 773 g/mol. The SMILES string of the molecule is Cc1nccc2nc(-c3[c-]cc4oc5ccccc5c4c3)n(C)c12.[2H]C([2H])([2H])c1c[c-]c(-c2cc(C([2H])([2H])C(C)(C)C)c([Si](C)(C)C)cn2)cc1.[Ir]. The van der Waals surface area contributed by atoms with Crippen molar-refractivity contribution in [1.82, 2.24) is 19.5 Å². The molecule has 0 aliphatic rings. The Hall–Kier alpha value is -3.90. The largest absolute Gasteiger partial charge is 0.500 e. The van der Waals surface area contributed by atoms with Gasteiger partial charge in [-0.15, -0.1) is 59.2 Å². The van der Waals surface area contributed by atoms with Gasteiger partial charge in [-0.3, -0.25) is 9.97 Å². The van der Waals surface area contributed by atoms with Gasteiger partial charge in [0.15, 0.2) is 0 Å². The number of nitrogens with zero attached hydrogens (tertiary/aromatic N) is 4. The number of aryl methyl sites for hydroxylation is 3. The van der Waals surface area contributed by atoms with E-state index in [-0.39, 0.29) is 25.7 Å². The minimum Gasteiger partial charge on any atom is -0.500 e. The number of fused-ring (bicyclic) bond motifs is 4. The molecule has 0 atom stereocenters. The first-order chi connectivity index (χ1) is 23.8. The van der Waals surface area contributed by atoms with Gasteiger partial charge in [-0.1, -0.05) is 82.5 Å². The van der Waals surface area contributed by atoms with Crippen molar-refractivity contribution in [3.05, 3.63) is 108 Å². The van der Waals surface area contributed by atoms with E-state index >= 15 is 0 Å². The van der Waals surface area contributed by atoms with Gasteiger partial charge in [0.2, 0.25) is 0 Å². The second kappa shape index (κ2) is 13.3. The van der Waals surface area contributed by atoms with Crippen LogP contribution < -0.4 is 5.19 Å². The molecule has 0 aliphatic heterocycles. The molecule has 7 rings (SSSR count). The van der Waals surface area contributed by atoms with Crippen molar-refractivity contribution in [3.63, 3.8) is 0 Å². The first-order valence-electron chi connectivity index (χ1n) is 17.9. The molecule has 1 radical (unpaired) electrons. The molecule has 3 aromatic carbocycles. The van der Waals surface area contributed by atoms with Crippen LogP contribution in [0.5, 0.6) is 0 Å². The van der Waals surface area contributed by atoms with E-state index in [9.17, 15) is 0 Å². The number of benzene rings is 3. The zero-order chi connectivity index (χ0) is 37.1. The van der Waals surface area contributed by atoms with Gasteiger partial charge in [0.05, 0.1) is 36.2 Å². The topological polar surface area (TPSA) is 56.7 Å². The molecule has 0 bridgehead atoms. The Balaban J connectivity index is 0.000000198. The molecule has 243 valence electrons. The van der Waals surface area contributed by atoms with Gasteiger partial charge >= 0.3 is 0 Å². The smallest absolute Gasteiger partial charge is 0.120 e. The Morgan fingerprint density at radius 2 is 1.70 bits per heavy atom. The maximum absolute atomic E-state index is 8.79. The van der Waals surface area contributed by atoms with Crippen LogP contribution in [0.4, 0.5) is 0 Å². The monoisotopic (exact) mass is 820 g/mol. The van der Waals surface area contributed by atoms with E-state index in [0.29, 0.717) is 16.8 Å². The molecule has 7 aromatic rings. The van der Waals surface area contributed by atoms with Crippen LogP contribution in [0.25, 0.3) is 55.6 Å². The number of hydrogen-bond donors (Lipinski definition) is 0. The zero-order valence-corrected chi connectivity index (χ0v) is 31.4. The Morgan fingerprint density at radius 1 is 0.936 bits per heavy atom. The van der Waals surface area contributed by atoms with E-state index in [4.69, 9.17) is 16.3 Å². The molecule has 4 aromatic heterocycles. The minimum absolute atomic E-state index is 0. The predicted molar refractivity (Wildman–Crippen MR) is 194 cm³/mol. The van der Waals surface area contributed by atoms with Crippen molar-refractivity contribution in [1.29, 1.82) is 0 Å². The Morgan fingerprint density at radius 3 is 2.38 bits per heavy atom. The third-order valence-electron chi connectivity index (χ3n) is 7.83. The van der Waals surface area contributed by atoms with Crippen molar-refractivity contribution >= 4 is 46.2 Å². The van der Waals surface area contributed by atoms with Crippen LogP contribution in [-0.4, -0.2) is 27.6 Å². The Labute approximate surface area is 299 Å². The summed E-state index contributed by atoms with van der Waals surface area (Å²) in [6, 6.07) is 26.9. The van der Waals surface area contributed by atoms with Crippen molar-refractivity contribution in [3.8, 4) is 22.6 Å². The summed E-state index contributed by atoms with van der Waals surface area (Å²) < 4.78 is 48.0. The maximum atomic E-state index is 8.79. The number of para-hydroxylation sites is 1. The van der Waals surface area contributed by atoms with Crippen molar-refractivity contribution in [2.24, 2.45) is 12.5 Å². The molecule has 7 heteroatoms. The third kappa shape index (κ3) is 7.33. The van der Waals surface area contributed by atoms with Crippen molar-refractivity contribution < 1.29 is 31.4 Å². The molecule has 0 unspecified atom stereocenters. The maximum Gasteiger partial charge on any atom is 0.120 e. The third-order valence-corrected chi connectivity index (χ3v) is 9.84. The van der Waals surface area contributed by atoms with Crippen LogP contribution in [0.15, 0.2) is 83.5 Å². The number of pyridine rings is 2. The zero-order valence-electron chi connectivity index (χ0n) is 33.0. The second-order valence-corrected chi connectivity index (χ2v) is 18.8. The average Bonchev–Trinajstić information content (AvgIpc) is 3.61. The molecule has 47 heavy (non-hydrogen) atoms. The molecule has 4 heterocycles. The molecule has 0 spiro atoms. The number of furan rings is 1. The minimum atomic E-state index is -2.17. The Kier molecular flexibility index (Phi) is 7.97. The van der Waals surface area contributed by atoms with E-state index in [1.807, 2.05) is 71.1 Å². The van der Waals surface area contributed by atoms with Gasteiger partial charge in [0, 0.05) is 51.8 Å². The molecule has 0 aliphatic carbocycles. The summed E-state index contributed by atoms with van der Waals surface area (Å²) in [5.41, 5.74) is 7.27. The number of hydrogen-bond acceptors (Lipinski definition) is 4. The summed E-state index contributed by atoms with van der Waals surface area (Å²) in [4.78, 5) is 13.7. The molecule has 5 nitrogen and oxygen atoms in total. The van der Waals surface area contributed by atoms with Crippen LogP contribution >= 0.6 is 0 Å². The summed E-state index contributed by atoms with van der Waals surface area (Å²) in [6.07, 6.45) is 2.07. The molecule has 0 saturated carbocycles. The summed E-state index contributed by atoms with van der Waals surface area (Å²) in [5, 5.41) is 3.20. The summed E-state index contributed by atoms with van der Waals surface area (Å²) in [7, 11) is 0.207. The van der Waals surface area contributed by atoms with Crippen LogP contribution in [0.2, 0.25) is 19.6 Å². The quantitative estimate of drug-likeness (QED) is 0.131. The molecule has 0 N–H and O–H groups in total. The van der Waals surface area contributed by atoms with E-state index in [1.165, 1.54) is 6.07 Å². The fourth-order valence-electron chi connectivity index (χ4n) is 5.68. The van der Waals surface area contributed by atoms with Crippen molar-refractivity contribution in [2.75, 3.05) is 0 Å². The molecule has 0 amide bonds. The first-order valence-corrected chi connectivity index (χ1v) is 18.9. The fourth-order valence-corrected chi connectivity index (χ4v) is 7.07. The first kappa shape index (κ1) is 28.1. The van der Waals surface area contributed by atoms with Crippen LogP contribution in [0.3, 0.4) is 0 Å². The van der Waals surface area contributed by atoms with Crippen LogP contribution in [-0.2, 0) is 33.5 Å². The number of imidazole rings is 1. The van der Waals surface area contributed by atoms with E-state index in [1.54, 1.807) is 24.5 Å². The van der Waals surface area contributed by atoms with Crippen LogP contribution in [0, 0.1) is 31.3 Å². The summed E-state index contributed by atoms with van der Waals surface area (Å²) >= 11 is 0. The van der Waals surface area contributed by atoms with Gasteiger partial charge in [0.25, 0.3) is 0 Å². The fraction of sp³-hybridized carbons (Fsp3) is 0.275. The number of aromatic nitrogens is 4. The summed E-state index contributed by atoms with van der Waals surface area (Å²) in [5.74, 6) is 0.883. The summed E-state index contributed by atoms with van der Waals surface area (Å²) in [6.45, 7) is 12.1. The molecule has 0 saturated heterocycles. The van der Waals surface area contributed by atoms with Crippen molar-refractivity contribution in [2.45, 2.75) is 60.6 Å². The second-order valence-electron chi connectivity index (χ2n) is 13.7. The van der Waals surface area contributed by atoms with E-state index < -0.39 is 26.7 Å². The molecule has 0 fully saturated rings. The van der Waals surface area contributed by atoms with E-state index in [2.05, 4.69) is 58.4 Å². The van der Waals surface area contributed by atoms with Crippen LogP contribution in [0.1, 0.15) is 44.4 Å². The van der Waals surface area contributed by atoms with Gasteiger partial charge in [-0.05, 0) is 41.7 Å². The van der Waals surface area contributed by atoms with Gasteiger partial charge in [-0.25, -0.2) is 0 Å². The Bertz CT molecular complexity index is 2390. The predicted octanol–water partition coefficient (Wildman–Crippen LogP) is 9.63. The average molecular weight is 820 g/mol. The van der Waals surface area contributed by atoms with E-state index in [0.717, 1.165) is 55.2 Å². The number of rotatable bonds is 4. The normalized spacial score (nSPS) is 14.0.